The normalized spacial score (nSPS) is 20.1. The summed E-state index contributed by atoms with van der Waals surface area (Å²) in [6.45, 7) is -0.0847. The first-order valence-corrected chi connectivity index (χ1v) is 14.4. The summed E-state index contributed by atoms with van der Waals surface area (Å²) in [5.41, 5.74) is -6.60. The number of carbonyl (C=O) groups excluding carboxylic acids is 3. The molecule has 6 N–H and O–H groups in total. The lowest BCUT2D eigenvalue weighted by molar-refractivity contribution is -0.207. The number of carbonyl (C=O) groups is 3. The summed E-state index contributed by atoms with van der Waals surface area (Å²) in [5.74, 6) is -5.96. The van der Waals surface area contributed by atoms with Gasteiger partial charge < -0.3 is 44.8 Å². The second-order valence-corrected chi connectivity index (χ2v) is 10.1. The van der Waals surface area contributed by atoms with E-state index >= 15 is 0 Å². The third kappa shape index (κ3) is 8.70. The van der Waals surface area contributed by atoms with Gasteiger partial charge in [-0.15, -0.1) is 0 Å². The molecule has 2 unspecified atom stereocenters. The molecule has 12 nitrogen and oxygen atoms in total. The first-order chi connectivity index (χ1) is 19.1. The van der Waals surface area contributed by atoms with E-state index in [1.807, 2.05) is 6.92 Å². The van der Waals surface area contributed by atoms with Crippen LogP contribution in [0, 0.1) is 0 Å². The zero-order chi connectivity index (χ0) is 30.2. The Bertz CT molecular complexity index is 828. The summed E-state index contributed by atoms with van der Waals surface area (Å²) in [6.07, 6.45) is 6.99. The van der Waals surface area contributed by atoms with Crippen LogP contribution in [0.4, 0.5) is 0 Å². The predicted octanol–water partition coefficient (Wildman–Crippen LogP) is 0.816. The molecule has 12 heteroatoms. The first kappa shape index (κ1) is 35.9. The van der Waals surface area contributed by atoms with Gasteiger partial charge in [-0.2, -0.15) is 0 Å². The number of unbranched alkanes of at least 4 members (excludes halogenated alkanes) is 10. The van der Waals surface area contributed by atoms with Crippen LogP contribution in [0.25, 0.3) is 0 Å². The fraction of sp³-hybridized carbons (Fsp3) is 0.821. The smallest absolute Gasteiger partial charge is 0.379 e. The number of Topliss-reactive ketones (excluding diaryl/α,β-unsaturated/α-hetero) is 2. The van der Waals surface area contributed by atoms with Crippen molar-refractivity contribution >= 4 is 17.5 Å². The summed E-state index contributed by atoms with van der Waals surface area (Å²) in [5, 5.41) is 60.3. The van der Waals surface area contributed by atoms with Gasteiger partial charge in [0, 0.05) is 0 Å². The molecular weight excluding hydrogens is 528 g/mol. The van der Waals surface area contributed by atoms with Gasteiger partial charge in [-0.3, -0.25) is 9.59 Å². The lowest BCUT2D eigenvalue weighted by Crippen LogP contribution is -2.71. The van der Waals surface area contributed by atoms with Crippen molar-refractivity contribution in [2.24, 2.45) is 0 Å². The Morgan fingerprint density at radius 3 is 1.80 bits per heavy atom. The first-order valence-electron chi connectivity index (χ1n) is 14.4. The van der Waals surface area contributed by atoms with Crippen molar-refractivity contribution in [1.82, 2.24) is 0 Å². The van der Waals surface area contributed by atoms with Gasteiger partial charge in [-0.1, -0.05) is 78.1 Å². The SMILES string of the molecule is CCCCCCCCCCCCOC1=C(OCCCC)[C@@](C(=O)C(O)CO)([C@@](O)(CO)C(=O)C(O)CO)OC1=O. The molecule has 0 aromatic heterocycles. The van der Waals surface area contributed by atoms with Crippen LogP contribution in [0.5, 0.6) is 0 Å². The number of esters is 1. The molecular formula is C28H48O12. The van der Waals surface area contributed by atoms with Crippen molar-refractivity contribution in [3.8, 4) is 0 Å². The number of hydrogen-bond donors (Lipinski definition) is 6. The zero-order valence-electron chi connectivity index (χ0n) is 23.8. The Hall–Kier alpha value is -2.09. The maximum Gasteiger partial charge on any atom is 0.379 e. The fourth-order valence-electron chi connectivity index (χ4n) is 4.54. The minimum absolute atomic E-state index is 0.000833. The van der Waals surface area contributed by atoms with Crippen molar-refractivity contribution in [3.63, 3.8) is 0 Å². The third-order valence-electron chi connectivity index (χ3n) is 6.96. The van der Waals surface area contributed by atoms with E-state index in [0.717, 1.165) is 25.7 Å². The molecule has 0 saturated heterocycles. The molecule has 0 aliphatic carbocycles. The van der Waals surface area contributed by atoms with E-state index in [1.165, 1.54) is 32.1 Å². The van der Waals surface area contributed by atoms with Gasteiger partial charge in [0.25, 0.3) is 5.60 Å². The molecule has 0 saturated carbocycles. The number of ether oxygens (including phenoxy) is 3. The third-order valence-corrected chi connectivity index (χ3v) is 6.96. The maximum atomic E-state index is 13.4. The summed E-state index contributed by atoms with van der Waals surface area (Å²) in [7, 11) is 0. The number of aliphatic hydroxyl groups excluding tert-OH is 5. The molecule has 0 radical (unpaired) electrons. The van der Waals surface area contributed by atoms with Gasteiger partial charge in [-0.25, -0.2) is 4.79 Å². The predicted molar refractivity (Wildman–Crippen MR) is 143 cm³/mol. The van der Waals surface area contributed by atoms with E-state index in [9.17, 15) is 45.0 Å². The molecule has 232 valence electrons. The highest BCUT2D eigenvalue weighted by Crippen LogP contribution is 2.45. The highest BCUT2D eigenvalue weighted by Gasteiger charge is 2.72. The molecule has 0 aromatic rings. The van der Waals surface area contributed by atoms with E-state index in [2.05, 4.69) is 6.92 Å². The van der Waals surface area contributed by atoms with Gasteiger partial charge in [-0.05, 0) is 12.8 Å². The Morgan fingerprint density at radius 1 is 0.800 bits per heavy atom. The second kappa shape index (κ2) is 18.4. The van der Waals surface area contributed by atoms with Crippen molar-refractivity contribution in [1.29, 1.82) is 0 Å². The second-order valence-electron chi connectivity index (χ2n) is 10.1. The zero-order valence-corrected chi connectivity index (χ0v) is 23.8. The number of cyclic esters (lactones) is 1. The van der Waals surface area contributed by atoms with Crippen molar-refractivity contribution < 1.29 is 59.2 Å². The van der Waals surface area contributed by atoms with Gasteiger partial charge in [0.1, 0.15) is 12.2 Å². The van der Waals surface area contributed by atoms with Crippen LogP contribution < -0.4 is 0 Å². The molecule has 0 spiro atoms. The summed E-state index contributed by atoms with van der Waals surface area (Å²) < 4.78 is 16.5. The average molecular weight is 577 g/mol. The lowest BCUT2D eigenvalue weighted by atomic mass is 9.73. The van der Waals surface area contributed by atoms with Crippen molar-refractivity contribution in [2.45, 2.75) is 114 Å². The Balaban J connectivity index is 3.24. The van der Waals surface area contributed by atoms with Crippen LogP contribution in [0.2, 0.25) is 0 Å². The van der Waals surface area contributed by atoms with E-state index in [-0.39, 0.29) is 13.2 Å². The van der Waals surface area contributed by atoms with Crippen LogP contribution in [-0.4, -0.2) is 105 Å². The Labute approximate surface area is 235 Å². The summed E-state index contributed by atoms with van der Waals surface area (Å²) >= 11 is 0. The van der Waals surface area contributed by atoms with Gasteiger partial charge in [0.2, 0.25) is 28.7 Å². The van der Waals surface area contributed by atoms with Crippen LogP contribution >= 0.6 is 0 Å². The number of rotatable bonds is 24. The van der Waals surface area contributed by atoms with Crippen LogP contribution in [0.1, 0.15) is 90.9 Å². The molecule has 0 fully saturated rings. The molecule has 1 heterocycles. The van der Waals surface area contributed by atoms with E-state index in [1.54, 1.807) is 0 Å². The molecule has 0 aromatic carbocycles. The molecule has 0 bridgehead atoms. The van der Waals surface area contributed by atoms with E-state index in [4.69, 9.17) is 14.2 Å². The topological polar surface area (TPSA) is 200 Å². The van der Waals surface area contributed by atoms with E-state index in [0.29, 0.717) is 19.3 Å². The lowest BCUT2D eigenvalue weighted by Gasteiger charge is -2.41. The van der Waals surface area contributed by atoms with Crippen LogP contribution in [-0.2, 0) is 28.6 Å². The number of hydrogen-bond acceptors (Lipinski definition) is 12. The van der Waals surface area contributed by atoms with Gasteiger partial charge in [0.05, 0.1) is 33.0 Å². The molecule has 40 heavy (non-hydrogen) atoms. The fourth-order valence-corrected chi connectivity index (χ4v) is 4.54. The van der Waals surface area contributed by atoms with Crippen LogP contribution in [0.3, 0.4) is 0 Å². The number of ketones is 2. The number of aliphatic hydroxyl groups is 6. The van der Waals surface area contributed by atoms with Gasteiger partial charge >= 0.3 is 5.97 Å². The highest BCUT2D eigenvalue weighted by molar-refractivity contribution is 6.09. The minimum Gasteiger partial charge on any atom is -0.489 e. The maximum absolute atomic E-state index is 13.4. The van der Waals surface area contributed by atoms with Gasteiger partial charge in [0.15, 0.2) is 0 Å². The monoisotopic (exact) mass is 576 g/mol. The highest BCUT2D eigenvalue weighted by atomic mass is 16.6. The summed E-state index contributed by atoms with van der Waals surface area (Å²) in [4.78, 5) is 39.3. The Morgan fingerprint density at radius 2 is 1.30 bits per heavy atom. The van der Waals surface area contributed by atoms with E-state index < -0.39 is 72.3 Å². The molecule has 1 aliphatic rings. The minimum atomic E-state index is -3.40. The molecule has 1 aliphatic heterocycles. The quantitative estimate of drug-likeness (QED) is 0.0699. The molecule has 4 atom stereocenters. The van der Waals surface area contributed by atoms with Crippen molar-refractivity contribution in [2.75, 3.05) is 33.0 Å². The molecule has 1 rings (SSSR count). The van der Waals surface area contributed by atoms with Crippen LogP contribution in [0.15, 0.2) is 11.5 Å². The average Bonchev–Trinajstić information content (AvgIpc) is 3.25. The molecule has 0 amide bonds. The van der Waals surface area contributed by atoms with Crippen molar-refractivity contribution in [3.05, 3.63) is 11.5 Å². The largest absolute Gasteiger partial charge is 0.489 e. The standard InChI is InChI=1S/C28H48O12/c1-3-5-7-8-9-10-11-12-13-14-16-38-22-25(39-15-6-4-2)28(40-26(22)36,24(35)21(33)18-30)27(37,19-31)23(34)20(32)17-29/h20-21,29-33,37H,3-19H2,1-2H3/t20?,21?,27-,28+/m1/s1. The Kier molecular flexibility index (Phi) is 16.5. The summed E-state index contributed by atoms with van der Waals surface area (Å²) in [6, 6.07) is 0.